The lowest BCUT2D eigenvalue weighted by Crippen LogP contribution is -2.20. The summed E-state index contributed by atoms with van der Waals surface area (Å²) in [5.41, 5.74) is 0. The van der Waals surface area contributed by atoms with Crippen LogP contribution in [0.3, 0.4) is 0 Å². The van der Waals surface area contributed by atoms with Crippen LogP contribution in [0.25, 0.3) is 0 Å². The molecule has 3 nitrogen and oxygen atoms in total. The topological polar surface area (TPSA) is 46.2 Å². The highest BCUT2D eigenvalue weighted by Crippen LogP contribution is 1.93. The van der Waals surface area contributed by atoms with Crippen LogP contribution >= 0.6 is 0 Å². The van der Waals surface area contributed by atoms with Crippen molar-refractivity contribution in [3.8, 4) is 0 Å². The second-order valence-corrected chi connectivity index (χ2v) is 2.64. The first-order valence-electron chi connectivity index (χ1n) is 3.87. The predicted octanol–water partition coefficient (Wildman–Crippen LogP) is 0.882. The van der Waals surface area contributed by atoms with Gasteiger partial charge in [-0.2, -0.15) is 0 Å². The van der Waals surface area contributed by atoms with Gasteiger partial charge in [-0.15, -0.1) is 0 Å². The van der Waals surface area contributed by atoms with E-state index in [1.54, 1.807) is 6.92 Å². The van der Waals surface area contributed by atoms with Gasteiger partial charge in [0, 0.05) is 19.9 Å². The van der Waals surface area contributed by atoms with E-state index in [4.69, 9.17) is 0 Å². The van der Waals surface area contributed by atoms with Gasteiger partial charge >= 0.3 is 0 Å². The molecule has 1 N–H and O–H groups in total. The largest absolute Gasteiger partial charge is 0.356 e. The molecule has 0 aliphatic heterocycles. The molecule has 1 amide bonds. The van der Waals surface area contributed by atoms with E-state index < -0.39 is 0 Å². The fraction of sp³-hybridized carbons (Fsp3) is 0.750. The maximum absolute atomic E-state index is 10.5. The zero-order chi connectivity index (χ0) is 8.69. The summed E-state index contributed by atoms with van der Waals surface area (Å²) in [5.74, 6) is 0.209. The number of rotatable bonds is 5. The summed E-state index contributed by atoms with van der Waals surface area (Å²) in [6, 6.07) is 0. The lowest BCUT2D eigenvalue weighted by Gasteiger charge is -1.99. The Morgan fingerprint density at radius 1 is 1.18 bits per heavy atom. The van der Waals surface area contributed by atoms with Crippen molar-refractivity contribution in [2.75, 3.05) is 6.54 Å². The van der Waals surface area contributed by atoms with Crippen LogP contribution in [0.5, 0.6) is 0 Å². The van der Waals surface area contributed by atoms with Crippen LogP contribution in [-0.2, 0) is 9.59 Å². The highest BCUT2D eigenvalue weighted by molar-refractivity contribution is 5.75. The molecule has 0 radical (unpaired) electrons. The van der Waals surface area contributed by atoms with Gasteiger partial charge in [-0.3, -0.25) is 4.79 Å². The molecule has 11 heavy (non-hydrogen) atoms. The summed E-state index contributed by atoms with van der Waals surface area (Å²) in [6.45, 7) is 3.76. The van der Waals surface area contributed by atoms with Crippen molar-refractivity contribution < 1.29 is 9.59 Å². The summed E-state index contributed by atoms with van der Waals surface area (Å²) in [7, 11) is 0. The first-order valence-corrected chi connectivity index (χ1v) is 3.87. The SMILES string of the molecule is CC(=O)CCCCNC(C)=O. The van der Waals surface area contributed by atoms with Gasteiger partial charge in [0.25, 0.3) is 0 Å². The Labute approximate surface area is 67.2 Å². The number of carbonyl (C=O) groups excluding carboxylic acids is 2. The Morgan fingerprint density at radius 2 is 1.82 bits per heavy atom. The molecule has 0 fully saturated rings. The fourth-order valence-corrected chi connectivity index (χ4v) is 0.763. The van der Waals surface area contributed by atoms with Crippen molar-refractivity contribution in [1.82, 2.24) is 5.32 Å². The summed E-state index contributed by atoms with van der Waals surface area (Å²) in [5, 5.41) is 2.67. The van der Waals surface area contributed by atoms with E-state index in [9.17, 15) is 9.59 Å². The molecule has 0 aromatic carbocycles. The molecule has 64 valence electrons. The van der Waals surface area contributed by atoms with Crippen molar-refractivity contribution in [2.24, 2.45) is 0 Å². The van der Waals surface area contributed by atoms with Crippen LogP contribution in [0.1, 0.15) is 33.1 Å². The number of Topliss-reactive ketones (excluding diaryl/α,β-unsaturated/α-hetero) is 1. The Bertz CT molecular complexity index is 127. The van der Waals surface area contributed by atoms with Gasteiger partial charge in [0.2, 0.25) is 5.91 Å². The Kier molecular flexibility index (Phi) is 5.43. The van der Waals surface area contributed by atoms with Gasteiger partial charge < -0.3 is 10.1 Å². The fourth-order valence-electron chi connectivity index (χ4n) is 0.763. The normalized spacial score (nSPS) is 9.27. The van der Waals surface area contributed by atoms with E-state index in [1.807, 2.05) is 0 Å². The van der Waals surface area contributed by atoms with E-state index in [1.165, 1.54) is 6.92 Å². The number of hydrogen-bond donors (Lipinski definition) is 1. The van der Waals surface area contributed by atoms with Crippen LogP contribution < -0.4 is 5.32 Å². The van der Waals surface area contributed by atoms with Crippen molar-refractivity contribution in [2.45, 2.75) is 33.1 Å². The molecular formula is C8H15NO2. The molecule has 0 aliphatic carbocycles. The third-order valence-corrected chi connectivity index (χ3v) is 1.33. The smallest absolute Gasteiger partial charge is 0.216 e. The summed E-state index contributed by atoms with van der Waals surface area (Å²) in [4.78, 5) is 20.8. The number of hydrogen-bond acceptors (Lipinski definition) is 2. The number of unbranched alkanes of at least 4 members (excludes halogenated alkanes) is 1. The van der Waals surface area contributed by atoms with Crippen molar-refractivity contribution in [1.29, 1.82) is 0 Å². The van der Waals surface area contributed by atoms with E-state index in [2.05, 4.69) is 5.32 Å². The van der Waals surface area contributed by atoms with Crippen LogP contribution in [-0.4, -0.2) is 18.2 Å². The number of carbonyl (C=O) groups is 2. The van der Waals surface area contributed by atoms with Crippen molar-refractivity contribution in [3.63, 3.8) is 0 Å². The first-order chi connectivity index (χ1) is 5.13. The molecule has 0 rings (SSSR count). The number of nitrogens with one attached hydrogen (secondary N) is 1. The molecule has 0 saturated heterocycles. The molecule has 0 spiro atoms. The summed E-state index contributed by atoms with van der Waals surface area (Å²) < 4.78 is 0. The van der Waals surface area contributed by atoms with Gasteiger partial charge in [0.1, 0.15) is 5.78 Å². The van der Waals surface area contributed by atoms with Gasteiger partial charge in [0.05, 0.1) is 0 Å². The maximum Gasteiger partial charge on any atom is 0.216 e. The van der Waals surface area contributed by atoms with Crippen molar-refractivity contribution >= 4 is 11.7 Å². The molecular weight excluding hydrogens is 142 g/mol. The monoisotopic (exact) mass is 157 g/mol. The Balaban J connectivity index is 3.03. The quantitative estimate of drug-likeness (QED) is 0.602. The zero-order valence-corrected chi connectivity index (χ0v) is 7.14. The highest BCUT2D eigenvalue weighted by atomic mass is 16.1. The molecule has 0 bridgehead atoms. The molecule has 0 unspecified atom stereocenters. The predicted molar refractivity (Wildman–Crippen MR) is 43.2 cm³/mol. The lowest BCUT2D eigenvalue weighted by molar-refractivity contribution is -0.119. The summed E-state index contributed by atoms with van der Waals surface area (Å²) >= 11 is 0. The van der Waals surface area contributed by atoms with E-state index in [0.717, 1.165) is 12.8 Å². The van der Waals surface area contributed by atoms with Gasteiger partial charge in [-0.05, 0) is 19.8 Å². The third kappa shape index (κ3) is 9.14. The molecule has 0 aliphatic rings. The van der Waals surface area contributed by atoms with Crippen LogP contribution in [0.2, 0.25) is 0 Å². The molecule has 0 heterocycles. The molecule has 3 heteroatoms. The average molecular weight is 157 g/mol. The molecule has 0 aromatic rings. The molecule has 0 aromatic heterocycles. The second kappa shape index (κ2) is 5.89. The average Bonchev–Trinajstić information content (AvgIpc) is 1.85. The van der Waals surface area contributed by atoms with Gasteiger partial charge in [-0.1, -0.05) is 0 Å². The molecule has 0 saturated carbocycles. The van der Waals surface area contributed by atoms with Crippen LogP contribution in [0, 0.1) is 0 Å². The summed E-state index contributed by atoms with van der Waals surface area (Å²) in [6.07, 6.45) is 2.38. The number of ketones is 1. The van der Waals surface area contributed by atoms with Gasteiger partial charge in [0.15, 0.2) is 0 Å². The van der Waals surface area contributed by atoms with E-state index in [0.29, 0.717) is 13.0 Å². The maximum atomic E-state index is 10.5. The lowest BCUT2D eigenvalue weighted by atomic mass is 10.2. The van der Waals surface area contributed by atoms with Crippen LogP contribution in [0.15, 0.2) is 0 Å². The minimum absolute atomic E-state index is 0.00664. The minimum Gasteiger partial charge on any atom is -0.356 e. The first kappa shape index (κ1) is 10.1. The van der Waals surface area contributed by atoms with Gasteiger partial charge in [-0.25, -0.2) is 0 Å². The van der Waals surface area contributed by atoms with Crippen molar-refractivity contribution in [3.05, 3.63) is 0 Å². The minimum atomic E-state index is -0.00664. The highest BCUT2D eigenvalue weighted by Gasteiger charge is 1.93. The van der Waals surface area contributed by atoms with E-state index >= 15 is 0 Å². The third-order valence-electron chi connectivity index (χ3n) is 1.33. The molecule has 0 atom stereocenters. The standard InChI is InChI=1S/C8H15NO2/c1-7(10)5-3-4-6-9-8(2)11/h3-6H2,1-2H3,(H,9,11). The zero-order valence-electron chi connectivity index (χ0n) is 7.14. The second-order valence-electron chi connectivity index (χ2n) is 2.64. The number of amides is 1. The van der Waals surface area contributed by atoms with E-state index in [-0.39, 0.29) is 11.7 Å². The Morgan fingerprint density at radius 3 is 2.27 bits per heavy atom. The Hall–Kier alpha value is -0.860. The van der Waals surface area contributed by atoms with Crippen LogP contribution in [0.4, 0.5) is 0 Å².